The van der Waals surface area contributed by atoms with Gasteiger partial charge in [0.15, 0.2) is 0 Å². The Kier molecular flexibility index (Phi) is 10.1. The van der Waals surface area contributed by atoms with Gasteiger partial charge in [0.25, 0.3) is 0 Å². The number of methoxy groups -OCH3 is 1. The highest BCUT2D eigenvalue weighted by atomic mass is 16.5. The van der Waals surface area contributed by atoms with Gasteiger partial charge >= 0.3 is 0 Å². The lowest BCUT2D eigenvalue weighted by atomic mass is 10.1. The van der Waals surface area contributed by atoms with Gasteiger partial charge in [-0.25, -0.2) is 4.68 Å². The Morgan fingerprint density at radius 3 is 2.44 bits per heavy atom. The summed E-state index contributed by atoms with van der Waals surface area (Å²) in [5.74, 6) is 1.44. The highest BCUT2D eigenvalue weighted by Crippen LogP contribution is 2.32. The van der Waals surface area contributed by atoms with Crippen LogP contribution in [0.3, 0.4) is 0 Å². The van der Waals surface area contributed by atoms with E-state index in [2.05, 4.69) is 18.7 Å². The van der Waals surface area contributed by atoms with Gasteiger partial charge < -0.3 is 19.3 Å². The summed E-state index contributed by atoms with van der Waals surface area (Å²) in [7, 11) is 1.69. The molecule has 34 heavy (non-hydrogen) atoms. The van der Waals surface area contributed by atoms with Gasteiger partial charge in [-0.1, -0.05) is 42.8 Å². The summed E-state index contributed by atoms with van der Waals surface area (Å²) in [5.41, 5.74) is 4.08. The van der Waals surface area contributed by atoms with Gasteiger partial charge in [-0.2, -0.15) is 5.10 Å². The molecule has 7 heteroatoms. The molecule has 0 fully saturated rings. The SMILES string of the molecule is CCOC[C@@H](O)CN(CCOC)Cc1c(CC)nn(-c2ccccc2)c1Oc1ccc(C)cc1. The van der Waals surface area contributed by atoms with Crippen molar-refractivity contribution in [3.63, 3.8) is 0 Å². The number of rotatable bonds is 14. The number of aliphatic hydroxyl groups excluding tert-OH is 1. The summed E-state index contributed by atoms with van der Waals surface area (Å²) in [6.45, 7) is 9.23. The van der Waals surface area contributed by atoms with Gasteiger partial charge in [-0.3, -0.25) is 4.90 Å². The van der Waals surface area contributed by atoms with E-state index >= 15 is 0 Å². The van der Waals surface area contributed by atoms with Crippen molar-refractivity contribution in [3.8, 4) is 17.3 Å². The van der Waals surface area contributed by atoms with Crippen molar-refractivity contribution in [1.29, 1.82) is 0 Å². The van der Waals surface area contributed by atoms with Crippen molar-refractivity contribution in [3.05, 3.63) is 71.4 Å². The molecule has 1 atom stereocenters. The van der Waals surface area contributed by atoms with Crippen molar-refractivity contribution in [2.24, 2.45) is 0 Å². The van der Waals surface area contributed by atoms with Crippen LogP contribution in [0.15, 0.2) is 54.6 Å². The van der Waals surface area contributed by atoms with E-state index in [1.54, 1.807) is 7.11 Å². The number of ether oxygens (including phenoxy) is 3. The van der Waals surface area contributed by atoms with Crippen LogP contribution in [0.25, 0.3) is 5.69 Å². The molecule has 2 aromatic carbocycles. The maximum atomic E-state index is 10.5. The van der Waals surface area contributed by atoms with Crippen molar-refractivity contribution in [2.75, 3.05) is 40.0 Å². The zero-order valence-electron chi connectivity index (χ0n) is 20.7. The molecule has 3 aromatic rings. The molecular formula is C27H37N3O4. The van der Waals surface area contributed by atoms with Crippen LogP contribution in [0.2, 0.25) is 0 Å². The Hall–Kier alpha value is -2.71. The molecule has 0 spiro atoms. The normalized spacial score (nSPS) is 12.3. The van der Waals surface area contributed by atoms with E-state index in [1.807, 2.05) is 66.2 Å². The molecule has 1 aromatic heterocycles. The molecular weight excluding hydrogens is 430 g/mol. The van der Waals surface area contributed by atoms with E-state index < -0.39 is 6.10 Å². The minimum absolute atomic E-state index is 0.302. The largest absolute Gasteiger partial charge is 0.439 e. The van der Waals surface area contributed by atoms with Crippen LogP contribution < -0.4 is 4.74 Å². The molecule has 0 saturated heterocycles. The van der Waals surface area contributed by atoms with E-state index in [4.69, 9.17) is 19.3 Å². The first-order chi connectivity index (χ1) is 16.5. The number of aryl methyl sites for hydroxylation is 2. The van der Waals surface area contributed by atoms with Crippen LogP contribution in [0.1, 0.15) is 30.7 Å². The smallest absolute Gasteiger partial charge is 0.227 e. The fraction of sp³-hybridized carbons (Fsp3) is 0.444. The third-order valence-corrected chi connectivity index (χ3v) is 5.57. The molecule has 0 aliphatic heterocycles. The molecule has 3 rings (SSSR count). The maximum absolute atomic E-state index is 10.5. The van der Waals surface area contributed by atoms with E-state index in [-0.39, 0.29) is 0 Å². The number of hydrogen-bond donors (Lipinski definition) is 1. The topological polar surface area (TPSA) is 69.0 Å². The van der Waals surface area contributed by atoms with Crippen molar-refractivity contribution >= 4 is 0 Å². The average Bonchev–Trinajstić information content (AvgIpc) is 3.20. The molecule has 1 N–H and O–H groups in total. The molecule has 0 aliphatic carbocycles. The van der Waals surface area contributed by atoms with Gasteiger partial charge in [0.05, 0.1) is 36.3 Å². The fourth-order valence-electron chi connectivity index (χ4n) is 3.77. The van der Waals surface area contributed by atoms with Crippen LogP contribution in [-0.4, -0.2) is 65.9 Å². The molecule has 0 saturated carbocycles. The average molecular weight is 468 g/mol. The zero-order chi connectivity index (χ0) is 24.3. The highest BCUT2D eigenvalue weighted by Gasteiger charge is 2.23. The predicted molar refractivity (Wildman–Crippen MR) is 134 cm³/mol. The van der Waals surface area contributed by atoms with Crippen molar-refractivity contribution in [2.45, 2.75) is 39.8 Å². The van der Waals surface area contributed by atoms with Gasteiger partial charge in [0, 0.05) is 33.4 Å². The summed E-state index contributed by atoms with van der Waals surface area (Å²) in [6.07, 6.45) is 0.173. The molecule has 0 unspecified atom stereocenters. The Morgan fingerprint density at radius 2 is 1.79 bits per heavy atom. The lowest BCUT2D eigenvalue weighted by Gasteiger charge is -2.25. The van der Waals surface area contributed by atoms with Crippen LogP contribution >= 0.6 is 0 Å². The zero-order valence-corrected chi connectivity index (χ0v) is 20.7. The Morgan fingerprint density at radius 1 is 1.06 bits per heavy atom. The number of para-hydroxylation sites is 1. The second kappa shape index (κ2) is 13.2. The van der Waals surface area contributed by atoms with Gasteiger partial charge in [0.1, 0.15) is 5.75 Å². The van der Waals surface area contributed by atoms with E-state index in [0.717, 1.165) is 29.1 Å². The first-order valence-electron chi connectivity index (χ1n) is 11.9. The van der Waals surface area contributed by atoms with Gasteiger partial charge in [-0.15, -0.1) is 0 Å². The molecule has 1 heterocycles. The monoisotopic (exact) mass is 467 g/mol. The van der Waals surface area contributed by atoms with Crippen LogP contribution in [0, 0.1) is 6.92 Å². The molecule has 7 nitrogen and oxygen atoms in total. The Bertz CT molecular complexity index is 989. The van der Waals surface area contributed by atoms with Crippen molar-refractivity contribution < 1.29 is 19.3 Å². The molecule has 0 bridgehead atoms. The first kappa shape index (κ1) is 25.9. The van der Waals surface area contributed by atoms with Gasteiger partial charge in [0.2, 0.25) is 5.88 Å². The standard InChI is InChI=1S/C27H37N3O4/c1-5-26-25(19-29(16-17-32-4)18-23(31)20-33-6-2)27(34-24-14-12-21(3)13-15-24)30(28-26)22-10-8-7-9-11-22/h7-15,23,31H,5-6,16-20H2,1-4H3/t23-/m0/s1. The molecule has 0 aliphatic rings. The lowest BCUT2D eigenvalue weighted by Crippen LogP contribution is -2.36. The highest BCUT2D eigenvalue weighted by molar-refractivity contribution is 5.44. The summed E-state index contributed by atoms with van der Waals surface area (Å²) in [6, 6.07) is 18.0. The van der Waals surface area contributed by atoms with E-state index in [0.29, 0.717) is 45.3 Å². The van der Waals surface area contributed by atoms with Crippen molar-refractivity contribution in [1.82, 2.24) is 14.7 Å². The number of hydrogen-bond acceptors (Lipinski definition) is 6. The number of nitrogens with zero attached hydrogens (tertiary/aromatic N) is 3. The minimum Gasteiger partial charge on any atom is -0.439 e. The summed E-state index contributed by atoms with van der Waals surface area (Å²) in [5, 5.41) is 15.4. The Balaban J connectivity index is 1.98. The number of aromatic nitrogens is 2. The van der Waals surface area contributed by atoms with E-state index in [9.17, 15) is 5.11 Å². The first-order valence-corrected chi connectivity index (χ1v) is 11.9. The van der Waals surface area contributed by atoms with Crippen LogP contribution in [0.4, 0.5) is 0 Å². The second-order valence-electron chi connectivity index (χ2n) is 8.29. The van der Waals surface area contributed by atoms with E-state index in [1.165, 1.54) is 5.56 Å². The summed E-state index contributed by atoms with van der Waals surface area (Å²) in [4.78, 5) is 2.17. The Labute approximate surface area is 202 Å². The number of benzene rings is 2. The maximum Gasteiger partial charge on any atom is 0.227 e. The minimum atomic E-state index is -0.590. The van der Waals surface area contributed by atoms with Crippen LogP contribution in [0.5, 0.6) is 11.6 Å². The molecule has 0 amide bonds. The third kappa shape index (κ3) is 7.14. The summed E-state index contributed by atoms with van der Waals surface area (Å²) >= 11 is 0. The number of aliphatic hydroxyl groups is 1. The van der Waals surface area contributed by atoms with Gasteiger partial charge in [-0.05, 0) is 44.5 Å². The van der Waals surface area contributed by atoms with Crippen LogP contribution in [-0.2, 0) is 22.4 Å². The third-order valence-electron chi connectivity index (χ3n) is 5.57. The fourth-order valence-corrected chi connectivity index (χ4v) is 3.77. The quantitative estimate of drug-likeness (QED) is 0.379. The molecule has 0 radical (unpaired) electrons. The predicted octanol–water partition coefficient (Wildman–Crippen LogP) is 4.38. The lowest BCUT2D eigenvalue weighted by molar-refractivity contribution is 0.0147. The summed E-state index contributed by atoms with van der Waals surface area (Å²) < 4.78 is 19.1. The second-order valence-corrected chi connectivity index (χ2v) is 8.29. The molecule has 184 valence electrons.